The Kier molecular flexibility index (Phi) is 4.63. The first-order chi connectivity index (χ1) is 5.37. The number of aliphatic hydroxyl groups excluding tert-OH is 1. The summed E-state index contributed by atoms with van der Waals surface area (Å²) < 4.78 is 4.95. The van der Waals surface area contributed by atoms with E-state index in [0.29, 0.717) is 5.75 Å². The Morgan fingerprint density at radius 2 is 2.08 bits per heavy atom. The molecule has 0 saturated carbocycles. The first-order valence-corrected chi connectivity index (χ1v) is 5.16. The van der Waals surface area contributed by atoms with Gasteiger partial charge in [-0.05, 0) is 27.0 Å². The quantitative estimate of drug-likeness (QED) is 0.679. The van der Waals surface area contributed by atoms with Crippen LogP contribution >= 0.6 is 11.8 Å². The molecule has 0 spiro atoms. The zero-order valence-electron chi connectivity index (χ0n) is 7.96. The number of hydrogen-bond acceptors (Lipinski definition) is 4. The van der Waals surface area contributed by atoms with Crippen LogP contribution in [0.3, 0.4) is 0 Å². The van der Waals surface area contributed by atoms with E-state index in [-0.39, 0.29) is 0 Å². The summed E-state index contributed by atoms with van der Waals surface area (Å²) in [5.74, 6) is -0.161. The van der Waals surface area contributed by atoms with Crippen molar-refractivity contribution in [3.63, 3.8) is 0 Å². The molecule has 0 aromatic heterocycles. The van der Waals surface area contributed by atoms with Gasteiger partial charge in [-0.15, -0.1) is 0 Å². The summed E-state index contributed by atoms with van der Waals surface area (Å²) in [5.41, 5.74) is -0.517. The molecule has 3 nitrogen and oxygen atoms in total. The van der Waals surface area contributed by atoms with Gasteiger partial charge in [0.05, 0.1) is 0 Å². The van der Waals surface area contributed by atoms with Crippen molar-refractivity contribution in [2.75, 3.05) is 12.0 Å². The van der Waals surface area contributed by atoms with Gasteiger partial charge in [0.1, 0.15) is 5.60 Å². The lowest BCUT2D eigenvalue weighted by Gasteiger charge is -2.21. The number of esters is 1. The van der Waals surface area contributed by atoms with Gasteiger partial charge in [-0.1, -0.05) is 0 Å². The number of hydrogen-bond donors (Lipinski definition) is 1. The van der Waals surface area contributed by atoms with Crippen LogP contribution in [-0.4, -0.2) is 34.8 Å². The van der Waals surface area contributed by atoms with Crippen molar-refractivity contribution in [2.45, 2.75) is 32.5 Å². The first-order valence-electron chi connectivity index (χ1n) is 3.76. The van der Waals surface area contributed by atoms with Crippen molar-refractivity contribution in [3.8, 4) is 0 Å². The second kappa shape index (κ2) is 4.72. The molecule has 0 aromatic carbocycles. The van der Waals surface area contributed by atoms with E-state index in [1.165, 1.54) is 11.8 Å². The average molecular weight is 192 g/mol. The molecule has 0 amide bonds. The molecule has 0 aromatic rings. The van der Waals surface area contributed by atoms with Crippen molar-refractivity contribution < 1.29 is 14.6 Å². The van der Waals surface area contributed by atoms with Gasteiger partial charge in [0.25, 0.3) is 0 Å². The van der Waals surface area contributed by atoms with E-state index in [2.05, 4.69) is 0 Å². The number of ether oxygens (including phenoxy) is 1. The van der Waals surface area contributed by atoms with Gasteiger partial charge in [0, 0.05) is 5.75 Å². The Balaban J connectivity index is 3.87. The summed E-state index contributed by atoms with van der Waals surface area (Å²) in [6, 6.07) is 0. The van der Waals surface area contributed by atoms with Crippen molar-refractivity contribution in [2.24, 2.45) is 0 Å². The van der Waals surface area contributed by atoms with Crippen molar-refractivity contribution in [3.05, 3.63) is 0 Å². The molecular weight excluding hydrogens is 176 g/mol. The van der Waals surface area contributed by atoms with E-state index in [9.17, 15) is 9.90 Å². The second-order valence-electron chi connectivity index (χ2n) is 3.50. The van der Waals surface area contributed by atoms with Gasteiger partial charge in [-0.2, -0.15) is 11.8 Å². The predicted molar refractivity (Wildman–Crippen MR) is 50.2 cm³/mol. The minimum Gasteiger partial charge on any atom is -0.458 e. The lowest BCUT2D eigenvalue weighted by atomic mass is 10.2. The SMILES string of the molecule is CSCC(O)C(=O)OC(C)(C)C. The van der Waals surface area contributed by atoms with Crippen LogP contribution in [-0.2, 0) is 9.53 Å². The van der Waals surface area contributed by atoms with Gasteiger partial charge < -0.3 is 9.84 Å². The topological polar surface area (TPSA) is 46.5 Å². The highest BCUT2D eigenvalue weighted by Gasteiger charge is 2.22. The molecule has 4 heteroatoms. The molecule has 0 heterocycles. The minimum absolute atomic E-state index is 0.384. The Labute approximate surface area is 77.5 Å². The van der Waals surface area contributed by atoms with Crippen LogP contribution in [0.5, 0.6) is 0 Å². The van der Waals surface area contributed by atoms with E-state index in [1.807, 2.05) is 6.26 Å². The van der Waals surface area contributed by atoms with Crippen LogP contribution < -0.4 is 0 Å². The summed E-state index contributed by atoms with van der Waals surface area (Å²) in [5, 5.41) is 9.19. The Morgan fingerprint density at radius 3 is 2.42 bits per heavy atom. The maximum absolute atomic E-state index is 11.1. The monoisotopic (exact) mass is 192 g/mol. The Bertz CT molecular complexity index is 151. The fourth-order valence-electron chi connectivity index (χ4n) is 0.596. The molecule has 1 atom stereocenters. The van der Waals surface area contributed by atoms with E-state index in [4.69, 9.17) is 4.74 Å². The first kappa shape index (κ1) is 11.8. The van der Waals surface area contributed by atoms with Gasteiger partial charge >= 0.3 is 5.97 Å². The van der Waals surface area contributed by atoms with Gasteiger partial charge in [-0.25, -0.2) is 4.79 Å². The van der Waals surface area contributed by atoms with E-state index >= 15 is 0 Å². The van der Waals surface area contributed by atoms with Gasteiger partial charge in [-0.3, -0.25) is 0 Å². The third-order valence-corrected chi connectivity index (χ3v) is 1.65. The molecular formula is C8H16O3S. The summed E-state index contributed by atoms with van der Waals surface area (Å²) in [4.78, 5) is 11.1. The number of thioether (sulfide) groups is 1. The number of rotatable bonds is 3. The van der Waals surface area contributed by atoms with Crippen molar-refractivity contribution in [1.29, 1.82) is 0 Å². The zero-order valence-corrected chi connectivity index (χ0v) is 8.77. The van der Waals surface area contributed by atoms with Crippen molar-refractivity contribution in [1.82, 2.24) is 0 Å². The molecule has 0 fully saturated rings. The molecule has 72 valence electrons. The van der Waals surface area contributed by atoms with Crippen LogP contribution in [0.2, 0.25) is 0 Å². The molecule has 0 bridgehead atoms. The molecule has 0 aliphatic carbocycles. The van der Waals surface area contributed by atoms with Gasteiger partial charge in [0.2, 0.25) is 0 Å². The maximum atomic E-state index is 11.1. The smallest absolute Gasteiger partial charge is 0.336 e. The highest BCUT2D eigenvalue weighted by atomic mass is 32.2. The fraction of sp³-hybridized carbons (Fsp3) is 0.875. The van der Waals surface area contributed by atoms with E-state index in [0.717, 1.165) is 0 Å². The van der Waals surface area contributed by atoms with Crippen LogP contribution in [0.25, 0.3) is 0 Å². The normalized spacial score (nSPS) is 14.1. The average Bonchev–Trinajstić information content (AvgIpc) is 1.84. The molecule has 0 saturated heterocycles. The fourth-order valence-corrected chi connectivity index (χ4v) is 1.05. The highest BCUT2D eigenvalue weighted by molar-refractivity contribution is 7.98. The lowest BCUT2D eigenvalue weighted by Crippen LogP contribution is -2.33. The van der Waals surface area contributed by atoms with Crippen LogP contribution in [0.15, 0.2) is 0 Å². The molecule has 0 rings (SSSR count). The van der Waals surface area contributed by atoms with Crippen LogP contribution in [0, 0.1) is 0 Å². The molecule has 0 aliphatic heterocycles. The van der Waals surface area contributed by atoms with Crippen molar-refractivity contribution >= 4 is 17.7 Å². The summed E-state index contributed by atoms with van der Waals surface area (Å²) in [6.45, 7) is 5.32. The van der Waals surface area contributed by atoms with Crippen LogP contribution in [0.1, 0.15) is 20.8 Å². The standard InChI is InChI=1S/C8H16O3S/c1-8(2,3)11-7(10)6(9)5-12-4/h6,9H,5H2,1-4H3. The lowest BCUT2D eigenvalue weighted by molar-refractivity contribution is -0.163. The van der Waals surface area contributed by atoms with E-state index in [1.54, 1.807) is 20.8 Å². The number of carbonyl (C=O) groups is 1. The van der Waals surface area contributed by atoms with Crippen LogP contribution in [0.4, 0.5) is 0 Å². The summed E-state index contributed by atoms with van der Waals surface area (Å²) in [7, 11) is 0. The summed E-state index contributed by atoms with van der Waals surface area (Å²) >= 11 is 1.41. The molecule has 1 N–H and O–H groups in total. The molecule has 0 aliphatic rings. The minimum atomic E-state index is -1.00. The third-order valence-electron chi connectivity index (χ3n) is 1.00. The Morgan fingerprint density at radius 1 is 1.58 bits per heavy atom. The largest absolute Gasteiger partial charge is 0.458 e. The van der Waals surface area contributed by atoms with E-state index < -0.39 is 17.7 Å². The van der Waals surface area contributed by atoms with Gasteiger partial charge in [0.15, 0.2) is 6.10 Å². The number of aliphatic hydroxyl groups is 1. The zero-order chi connectivity index (χ0) is 9.78. The third kappa shape index (κ3) is 5.43. The number of carbonyl (C=O) groups excluding carboxylic acids is 1. The second-order valence-corrected chi connectivity index (χ2v) is 4.42. The predicted octanol–water partition coefficient (Wildman–Crippen LogP) is 1.05. The molecule has 0 radical (unpaired) electrons. The Hall–Kier alpha value is -0.220. The highest BCUT2D eigenvalue weighted by Crippen LogP contribution is 2.09. The maximum Gasteiger partial charge on any atom is 0.336 e. The summed E-state index contributed by atoms with van der Waals surface area (Å²) in [6.07, 6.45) is 0.826. The molecule has 12 heavy (non-hydrogen) atoms. The molecule has 1 unspecified atom stereocenters.